The summed E-state index contributed by atoms with van der Waals surface area (Å²) in [7, 11) is 0. The van der Waals surface area contributed by atoms with Crippen LogP contribution in [0.25, 0.3) is 0 Å². The lowest BCUT2D eigenvalue weighted by molar-refractivity contribution is -0.0231. The third-order valence-corrected chi connectivity index (χ3v) is 5.52. The highest BCUT2D eigenvalue weighted by molar-refractivity contribution is 6.30. The average Bonchev–Trinajstić information content (AvgIpc) is 3.24. The number of benzene rings is 1. The molecule has 1 aliphatic carbocycles. The summed E-state index contributed by atoms with van der Waals surface area (Å²) in [5.41, 5.74) is 0.617. The maximum atomic E-state index is 12.5. The third-order valence-electron chi connectivity index (χ3n) is 5.28. The van der Waals surface area contributed by atoms with Crippen LogP contribution >= 0.6 is 11.6 Å². The lowest BCUT2D eigenvalue weighted by Crippen LogP contribution is -2.42. The van der Waals surface area contributed by atoms with Crippen molar-refractivity contribution in [2.75, 3.05) is 13.1 Å². The van der Waals surface area contributed by atoms with E-state index in [1.54, 1.807) is 24.4 Å². The van der Waals surface area contributed by atoms with Crippen molar-refractivity contribution < 1.29 is 14.6 Å². The van der Waals surface area contributed by atoms with Gasteiger partial charge in [-0.3, -0.25) is 4.79 Å². The first-order chi connectivity index (χ1) is 12.1. The Kier molecular flexibility index (Phi) is 4.44. The number of aromatic amines is 1. The number of hydrogen-bond acceptors (Lipinski definition) is 3. The second-order valence-corrected chi connectivity index (χ2v) is 7.40. The SMILES string of the molecule is O=C(c1ccc[nH]1)N1C[C@H]2C[C@@H](Oc3cccc(Cl)c3)[C@H](O)C[C@H]2C1. The highest BCUT2D eigenvalue weighted by Crippen LogP contribution is 2.38. The molecule has 1 amide bonds. The number of nitrogens with one attached hydrogen (secondary N) is 1. The van der Waals surface area contributed by atoms with Crippen molar-refractivity contribution in [3.05, 3.63) is 53.3 Å². The van der Waals surface area contributed by atoms with Crippen molar-refractivity contribution in [1.29, 1.82) is 0 Å². The second-order valence-electron chi connectivity index (χ2n) is 6.97. The molecule has 2 aliphatic rings. The van der Waals surface area contributed by atoms with E-state index in [-0.39, 0.29) is 12.0 Å². The van der Waals surface area contributed by atoms with E-state index < -0.39 is 6.10 Å². The summed E-state index contributed by atoms with van der Waals surface area (Å²) in [5.74, 6) is 1.38. The molecule has 5 nitrogen and oxygen atoms in total. The van der Waals surface area contributed by atoms with Gasteiger partial charge in [0.05, 0.1) is 6.10 Å². The Hall–Kier alpha value is -1.98. The smallest absolute Gasteiger partial charge is 0.270 e. The van der Waals surface area contributed by atoms with Crippen LogP contribution in [0, 0.1) is 11.8 Å². The van der Waals surface area contributed by atoms with Crippen LogP contribution in [0.5, 0.6) is 5.75 Å². The number of amides is 1. The van der Waals surface area contributed by atoms with E-state index in [0.29, 0.717) is 47.8 Å². The Morgan fingerprint density at radius 1 is 1.20 bits per heavy atom. The Balaban J connectivity index is 1.42. The van der Waals surface area contributed by atoms with Crippen LogP contribution in [0.15, 0.2) is 42.6 Å². The number of aliphatic hydroxyl groups is 1. The molecular formula is C19H21ClN2O3. The van der Waals surface area contributed by atoms with Gasteiger partial charge in [-0.05, 0) is 55.0 Å². The van der Waals surface area contributed by atoms with Gasteiger partial charge in [-0.15, -0.1) is 0 Å². The Labute approximate surface area is 151 Å². The summed E-state index contributed by atoms with van der Waals surface area (Å²) in [6.45, 7) is 1.41. The fourth-order valence-electron chi connectivity index (χ4n) is 4.03. The molecule has 4 rings (SSSR count). The number of H-pyrrole nitrogens is 1. The molecular weight excluding hydrogens is 340 g/mol. The van der Waals surface area contributed by atoms with E-state index >= 15 is 0 Å². The standard InChI is InChI=1S/C19H21ClN2O3/c20-14-3-1-4-15(9-14)25-18-8-13-11-22(10-12(13)7-17(18)23)19(24)16-5-2-6-21-16/h1-6,9,12-13,17-18,21,23H,7-8,10-11H2/t12-,13+,17+,18+/m0/s1. The van der Waals surface area contributed by atoms with E-state index in [2.05, 4.69) is 4.98 Å². The number of ether oxygens (including phenoxy) is 1. The summed E-state index contributed by atoms with van der Waals surface area (Å²) in [5, 5.41) is 11.1. The monoisotopic (exact) mass is 360 g/mol. The lowest BCUT2D eigenvalue weighted by atomic mass is 9.78. The van der Waals surface area contributed by atoms with Crippen molar-refractivity contribution in [2.45, 2.75) is 25.0 Å². The zero-order valence-corrected chi connectivity index (χ0v) is 14.5. The fraction of sp³-hybridized carbons (Fsp3) is 0.421. The first-order valence-electron chi connectivity index (χ1n) is 8.63. The molecule has 0 spiro atoms. The van der Waals surface area contributed by atoms with Crippen molar-refractivity contribution in [3.8, 4) is 5.75 Å². The molecule has 2 heterocycles. The molecule has 2 fully saturated rings. The van der Waals surface area contributed by atoms with Crippen LogP contribution in [0.2, 0.25) is 5.02 Å². The van der Waals surface area contributed by atoms with Gasteiger partial charge in [-0.2, -0.15) is 0 Å². The van der Waals surface area contributed by atoms with Gasteiger partial charge < -0.3 is 19.7 Å². The van der Waals surface area contributed by atoms with Gasteiger partial charge in [0.1, 0.15) is 17.5 Å². The predicted molar refractivity (Wildman–Crippen MR) is 94.8 cm³/mol. The number of likely N-dealkylation sites (tertiary alicyclic amines) is 1. The molecule has 6 heteroatoms. The Morgan fingerprint density at radius 2 is 2.00 bits per heavy atom. The number of nitrogens with zero attached hydrogens (tertiary/aromatic N) is 1. The first-order valence-corrected chi connectivity index (χ1v) is 9.01. The molecule has 0 radical (unpaired) electrons. The molecule has 1 aromatic carbocycles. The summed E-state index contributed by atoms with van der Waals surface area (Å²) in [4.78, 5) is 17.4. The summed E-state index contributed by atoms with van der Waals surface area (Å²) < 4.78 is 5.98. The zero-order chi connectivity index (χ0) is 17.4. The second kappa shape index (κ2) is 6.73. The van der Waals surface area contributed by atoms with Crippen molar-refractivity contribution >= 4 is 17.5 Å². The molecule has 0 unspecified atom stereocenters. The fourth-order valence-corrected chi connectivity index (χ4v) is 4.21. The lowest BCUT2D eigenvalue weighted by Gasteiger charge is -2.35. The topological polar surface area (TPSA) is 65.6 Å². The molecule has 1 saturated heterocycles. The summed E-state index contributed by atoms with van der Waals surface area (Å²) >= 11 is 6.00. The quantitative estimate of drug-likeness (QED) is 0.884. The molecule has 0 bridgehead atoms. The van der Waals surface area contributed by atoms with E-state index in [1.165, 1.54) is 0 Å². The van der Waals surface area contributed by atoms with Crippen LogP contribution < -0.4 is 4.74 Å². The molecule has 2 N–H and O–H groups in total. The predicted octanol–water partition coefficient (Wildman–Crippen LogP) is 2.96. The Morgan fingerprint density at radius 3 is 2.72 bits per heavy atom. The van der Waals surface area contributed by atoms with Gasteiger partial charge in [-0.1, -0.05) is 17.7 Å². The van der Waals surface area contributed by atoms with Crippen LogP contribution in [0.1, 0.15) is 23.3 Å². The molecule has 2 aromatic rings. The van der Waals surface area contributed by atoms with Crippen molar-refractivity contribution in [3.63, 3.8) is 0 Å². The van der Waals surface area contributed by atoms with Crippen molar-refractivity contribution in [2.24, 2.45) is 11.8 Å². The Bertz CT molecular complexity index is 749. The average molecular weight is 361 g/mol. The molecule has 25 heavy (non-hydrogen) atoms. The van der Waals surface area contributed by atoms with Crippen LogP contribution in [-0.4, -0.2) is 46.2 Å². The van der Waals surface area contributed by atoms with E-state index in [1.807, 2.05) is 23.1 Å². The number of aromatic nitrogens is 1. The van der Waals surface area contributed by atoms with Gasteiger partial charge in [0.25, 0.3) is 5.91 Å². The number of halogens is 1. The molecule has 4 atom stereocenters. The maximum Gasteiger partial charge on any atom is 0.270 e. The zero-order valence-electron chi connectivity index (χ0n) is 13.8. The van der Waals surface area contributed by atoms with Gasteiger partial charge in [0.2, 0.25) is 0 Å². The normalized spacial score (nSPS) is 28.6. The largest absolute Gasteiger partial charge is 0.488 e. The van der Waals surface area contributed by atoms with Crippen LogP contribution in [-0.2, 0) is 0 Å². The van der Waals surface area contributed by atoms with Gasteiger partial charge in [0.15, 0.2) is 0 Å². The highest BCUT2D eigenvalue weighted by atomic mass is 35.5. The van der Waals surface area contributed by atoms with Gasteiger partial charge in [-0.25, -0.2) is 0 Å². The maximum absolute atomic E-state index is 12.5. The molecule has 132 valence electrons. The van der Waals surface area contributed by atoms with E-state index in [9.17, 15) is 9.90 Å². The first kappa shape index (κ1) is 16.5. The number of hydrogen-bond donors (Lipinski definition) is 2. The number of carbonyl (C=O) groups excluding carboxylic acids is 1. The van der Waals surface area contributed by atoms with E-state index in [0.717, 1.165) is 6.42 Å². The molecule has 1 aliphatic heterocycles. The van der Waals surface area contributed by atoms with Crippen LogP contribution in [0.3, 0.4) is 0 Å². The number of rotatable bonds is 3. The van der Waals surface area contributed by atoms with Gasteiger partial charge >= 0.3 is 0 Å². The minimum atomic E-state index is -0.527. The third kappa shape index (κ3) is 3.39. The summed E-state index contributed by atoms with van der Waals surface area (Å²) in [6, 6.07) is 10.9. The molecule has 1 aromatic heterocycles. The minimum absolute atomic E-state index is 0.0289. The van der Waals surface area contributed by atoms with Gasteiger partial charge in [0, 0.05) is 24.3 Å². The van der Waals surface area contributed by atoms with Crippen LogP contribution in [0.4, 0.5) is 0 Å². The summed E-state index contributed by atoms with van der Waals surface area (Å²) in [6.07, 6.45) is 2.37. The number of fused-ring (bicyclic) bond motifs is 1. The number of carbonyl (C=O) groups is 1. The van der Waals surface area contributed by atoms with E-state index in [4.69, 9.17) is 16.3 Å². The highest BCUT2D eigenvalue weighted by Gasteiger charge is 2.44. The minimum Gasteiger partial charge on any atom is -0.488 e. The van der Waals surface area contributed by atoms with Crippen molar-refractivity contribution in [1.82, 2.24) is 9.88 Å². The molecule has 1 saturated carbocycles. The number of aliphatic hydroxyl groups excluding tert-OH is 1.